The lowest BCUT2D eigenvalue weighted by Gasteiger charge is -2.12. The fourth-order valence-corrected chi connectivity index (χ4v) is 9.37. The molecule has 0 radical (unpaired) electrons. The maximum Gasteiger partial charge on any atom is 0.225 e. The van der Waals surface area contributed by atoms with Crippen LogP contribution in [0.4, 0.5) is 0 Å². The van der Waals surface area contributed by atoms with Crippen LogP contribution in [0.15, 0.2) is 116 Å². The first-order valence-electron chi connectivity index (χ1n) is 14.3. The molecule has 7 heteroatoms. The van der Waals surface area contributed by atoms with E-state index in [4.69, 9.17) is 21.6 Å². The monoisotopic (exact) mass is 618 g/mol. The zero-order valence-electron chi connectivity index (χ0n) is 23.0. The summed E-state index contributed by atoms with van der Waals surface area (Å²) >= 11 is 10.3. The lowest BCUT2D eigenvalue weighted by Crippen LogP contribution is -2.00. The average molecular weight is 619 g/mol. The Labute approximate surface area is 263 Å². The highest BCUT2D eigenvalue weighted by Gasteiger charge is 2.25. The first-order chi connectivity index (χ1) is 21.7. The Morgan fingerprint density at radius 2 is 1.32 bits per heavy atom. The molecule has 5 aromatic heterocycles. The smallest absolute Gasteiger partial charge is 0.225 e. The molecule has 4 nitrogen and oxygen atoms in total. The Bertz CT molecular complexity index is 2790. The fourth-order valence-electron chi connectivity index (χ4n) is 6.80. The number of pyridine rings is 1. The van der Waals surface area contributed by atoms with E-state index >= 15 is 0 Å². The molecular formula is C37H19ClN4S2. The molecule has 10 rings (SSSR count). The predicted molar refractivity (Wildman–Crippen MR) is 188 cm³/mol. The van der Waals surface area contributed by atoms with Gasteiger partial charge in [0.25, 0.3) is 0 Å². The highest BCUT2D eigenvalue weighted by Crippen LogP contribution is 2.49. The van der Waals surface area contributed by atoms with E-state index in [1.165, 1.54) is 41.7 Å². The molecule has 0 N–H and O–H groups in total. The number of aromatic nitrogens is 4. The molecule has 0 saturated carbocycles. The topological polar surface area (TPSA) is 43.6 Å². The van der Waals surface area contributed by atoms with Crippen molar-refractivity contribution < 1.29 is 0 Å². The molecule has 0 aliphatic carbocycles. The largest absolute Gasteiger partial charge is 0.292 e. The van der Waals surface area contributed by atoms with E-state index in [0.29, 0.717) is 0 Å². The van der Waals surface area contributed by atoms with Gasteiger partial charge in [-0.25, -0.2) is 4.98 Å². The third-order valence-corrected chi connectivity index (χ3v) is 11.1. The number of fused-ring (bicyclic) bond motifs is 13. The van der Waals surface area contributed by atoms with E-state index in [2.05, 4.69) is 107 Å². The predicted octanol–water partition coefficient (Wildman–Crippen LogP) is 11.2. The summed E-state index contributed by atoms with van der Waals surface area (Å²) in [5.41, 5.74) is 5.25. The number of halogens is 1. The van der Waals surface area contributed by atoms with E-state index in [9.17, 15) is 0 Å². The number of hydrogen-bond donors (Lipinski definition) is 0. The Balaban J connectivity index is 1.49. The minimum Gasteiger partial charge on any atom is -0.292 e. The normalized spacial score (nSPS) is 12.2. The van der Waals surface area contributed by atoms with Gasteiger partial charge >= 0.3 is 0 Å². The second-order valence-corrected chi connectivity index (χ2v) is 13.4. The van der Waals surface area contributed by atoms with Crippen LogP contribution in [-0.2, 0) is 0 Å². The van der Waals surface area contributed by atoms with Crippen LogP contribution in [0.5, 0.6) is 0 Å². The van der Waals surface area contributed by atoms with Gasteiger partial charge in [0.1, 0.15) is 0 Å². The van der Waals surface area contributed by atoms with Crippen LogP contribution >= 0.6 is 34.3 Å². The van der Waals surface area contributed by atoms with Crippen LogP contribution in [0, 0.1) is 0 Å². The SMILES string of the molecule is Clc1nc(-n2c3cc(-c4cccnc4)ccc3c3c4sc5ccccc5c4c4ccccc4c32)c2sc3ccccc3c2n1. The van der Waals surface area contributed by atoms with Gasteiger partial charge in [0.15, 0.2) is 5.82 Å². The van der Waals surface area contributed by atoms with Crippen molar-refractivity contribution in [1.29, 1.82) is 0 Å². The number of rotatable bonds is 2. The summed E-state index contributed by atoms with van der Waals surface area (Å²) in [6.07, 6.45) is 3.73. The molecule has 0 spiro atoms. The number of benzene rings is 5. The molecule has 0 aliphatic rings. The standard InChI is InChI=1S/C37H19ClN4S2/c38-37-40-32-26-12-4-6-14-29(26)44-35(32)36(41-37)42-27-18-20(21-8-7-17-39-19-21)15-16-24(27)31-33(42)23-10-2-1-9-22(23)30-25-11-3-5-13-28(25)43-34(30)31/h1-19H. The molecule has 0 unspecified atom stereocenters. The van der Waals surface area contributed by atoms with Crippen LogP contribution in [-0.4, -0.2) is 19.5 Å². The summed E-state index contributed by atoms with van der Waals surface area (Å²) in [5.74, 6) is 0.801. The maximum atomic E-state index is 6.76. The highest BCUT2D eigenvalue weighted by molar-refractivity contribution is 7.27. The van der Waals surface area contributed by atoms with Crippen molar-refractivity contribution in [3.05, 3.63) is 121 Å². The van der Waals surface area contributed by atoms with Crippen molar-refractivity contribution in [3.63, 3.8) is 0 Å². The van der Waals surface area contributed by atoms with Gasteiger partial charge in [-0.1, -0.05) is 78.9 Å². The van der Waals surface area contributed by atoms with E-state index in [-0.39, 0.29) is 5.28 Å². The van der Waals surface area contributed by atoms with Crippen LogP contribution < -0.4 is 0 Å². The van der Waals surface area contributed by atoms with Gasteiger partial charge in [0, 0.05) is 64.4 Å². The Morgan fingerprint density at radius 3 is 2.14 bits per heavy atom. The van der Waals surface area contributed by atoms with Crippen LogP contribution in [0.1, 0.15) is 0 Å². The Kier molecular flexibility index (Phi) is 5.06. The summed E-state index contributed by atoms with van der Waals surface area (Å²) in [6, 6.07) is 36.7. The zero-order valence-corrected chi connectivity index (χ0v) is 25.3. The van der Waals surface area contributed by atoms with Gasteiger partial charge in [-0.2, -0.15) is 4.98 Å². The summed E-state index contributed by atoms with van der Waals surface area (Å²) < 4.78 is 7.08. The lowest BCUT2D eigenvalue weighted by atomic mass is 9.99. The van der Waals surface area contributed by atoms with E-state index in [0.717, 1.165) is 48.3 Å². The van der Waals surface area contributed by atoms with Crippen LogP contribution in [0.3, 0.4) is 0 Å². The second kappa shape index (κ2) is 9.07. The molecule has 5 heterocycles. The molecule has 0 bridgehead atoms. The Morgan fingerprint density at radius 1 is 0.591 bits per heavy atom. The van der Waals surface area contributed by atoms with Gasteiger partial charge in [0.2, 0.25) is 5.28 Å². The van der Waals surface area contributed by atoms with Gasteiger partial charge in [-0.15, -0.1) is 22.7 Å². The van der Waals surface area contributed by atoms with Crippen LogP contribution in [0.25, 0.3) is 90.0 Å². The molecular weight excluding hydrogens is 600 g/mol. The molecule has 0 amide bonds. The van der Waals surface area contributed by atoms with Gasteiger partial charge in [0.05, 0.1) is 21.3 Å². The minimum atomic E-state index is 0.238. The molecule has 0 atom stereocenters. The van der Waals surface area contributed by atoms with Crippen LogP contribution in [0.2, 0.25) is 5.28 Å². The third kappa shape index (κ3) is 3.30. The molecule has 5 aromatic carbocycles. The fraction of sp³-hybridized carbons (Fsp3) is 0. The molecule has 44 heavy (non-hydrogen) atoms. The zero-order chi connectivity index (χ0) is 28.9. The first-order valence-corrected chi connectivity index (χ1v) is 16.3. The summed E-state index contributed by atoms with van der Waals surface area (Å²) in [7, 11) is 0. The molecule has 0 aliphatic heterocycles. The Hall–Kier alpha value is -4.88. The minimum absolute atomic E-state index is 0.238. The van der Waals surface area contributed by atoms with Crippen molar-refractivity contribution >= 4 is 107 Å². The first kappa shape index (κ1) is 24.6. The summed E-state index contributed by atoms with van der Waals surface area (Å²) in [6.45, 7) is 0. The molecule has 206 valence electrons. The summed E-state index contributed by atoms with van der Waals surface area (Å²) in [4.78, 5) is 14.1. The van der Waals surface area contributed by atoms with Gasteiger partial charge in [-0.05, 0) is 46.8 Å². The summed E-state index contributed by atoms with van der Waals surface area (Å²) in [5, 5.41) is 8.74. The average Bonchev–Trinajstić information content (AvgIpc) is 3.74. The van der Waals surface area contributed by atoms with Gasteiger partial charge < -0.3 is 0 Å². The quantitative estimate of drug-likeness (QED) is 0.181. The van der Waals surface area contributed by atoms with Crippen molar-refractivity contribution in [3.8, 4) is 16.9 Å². The van der Waals surface area contributed by atoms with Crippen molar-refractivity contribution in [1.82, 2.24) is 19.5 Å². The lowest BCUT2D eigenvalue weighted by molar-refractivity contribution is 1.08. The maximum absolute atomic E-state index is 6.76. The molecule has 10 aromatic rings. The number of thiophene rings is 2. The van der Waals surface area contributed by atoms with E-state index in [1.807, 2.05) is 29.8 Å². The van der Waals surface area contributed by atoms with Crippen molar-refractivity contribution in [2.45, 2.75) is 0 Å². The molecule has 0 saturated heterocycles. The van der Waals surface area contributed by atoms with E-state index in [1.54, 1.807) is 11.3 Å². The van der Waals surface area contributed by atoms with Crippen molar-refractivity contribution in [2.24, 2.45) is 0 Å². The third-order valence-electron chi connectivity index (χ3n) is 8.62. The van der Waals surface area contributed by atoms with Gasteiger partial charge in [-0.3, -0.25) is 9.55 Å². The number of hydrogen-bond acceptors (Lipinski definition) is 5. The molecule has 0 fully saturated rings. The highest BCUT2D eigenvalue weighted by atomic mass is 35.5. The van der Waals surface area contributed by atoms with E-state index < -0.39 is 0 Å². The van der Waals surface area contributed by atoms with Crippen molar-refractivity contribution in [2.75, 3.05) is 0 Å². The number of nitrogens with zero attached hydrogens (tertiary/aromatic N) is 4. The second-order valence-electron chi connectivity index (χ2n) is 11.0.